The van der Waals surface area contributed by atoms with E-state index in [2.05, 4.69) is 10.3 Å². The van der Waals surface area contributed by atoms with Gasteiger partial charge in [0.1, 0.15) is 0 Å². The number of nitrogens with one attached hydrogen (secondary N) is 1. The summed E-state index contributed by atoms with van der Waals surface area (Å²) < 4.78 is 28.0. The first-order valence-electron chi connectivity index (χ1n) is 10.8. The fourth-order valence-electron chi connectivity index (χ4n) is 4.35. The largest absolute Gasteiger partial charge is 0.393 e. The van der Waals surface area contributed by atoms with Crippen LogP contribution in [0.5, 0.6) is 0 Å². The third-order valence-electron chi connectivity index (χ3n) is 6.24. The minimum Gasteiger partial charge on any atom is -0.393 e. The minimum atomic E-state index is -3.65. The molecular formula is C22H29N3O4S2. The number of carbonyl (C=O) groups is 1. The van der Waals surface area contributed by atoms with Crippen LogP contribution in [0.15, 0.2) is 23.1 Å². The molecular weight excluding hydrogens is 434 g/mol. The summed E-state index contributed by atoms with van der Waals surface area (Å²) in [6.45, 7) is 4.31. The lowest BCUT2D eigenvalue weighted by Gasteiger charge is -2.29. The lowest BCUT2D eigenvalue weighted by Crippen LogP contribution is -2.40. The Kier molecular flexibility index (Phi) is 6.48. The fraction of sp³-hybridized carbons (Fsp3) is 0.545. The molecule has 2 fully saturated rings. The van der Waals surface area contributed by atoms with Crippen LogP contribution in [0.25, 0.3) is 10.4 Å². The van der Waals surface area contributed by atoms with E-state index in [0.717, 1.165) is 41.8 Å². The average Bonchev–Trinajstić information content (AvgIpc) is 3.39. The topological polar surface area (TPSA) is 99.6 Å². The maximum absolute atomic E-state index is 13.3. The maximum Gasteiger partial charge on any atom is 0.243 e. The smallest absolute Gasteiger partial charge is 0.243 e. The zero-order chi connectivity index (χ0) is 22.2. The first-order valence-corrected chi connectivity index (χ1v) is 13.1. The van der Waals surface area contributed by atoms with Gasteiger partial charge in [-0.3, -0.25) is 4.79 Å². The van der Waals surface area contributed by atoms with E-state index in [9.17, 15) is 18.3 Å². The van der Waals surface area contributed by atoms with Gasteiger partial charge in [0, 0.05) is 19.0 Å². The summed E-state index contributed by atoms with van der Waals surface area (Å²) in [4.78, 5) is 18.1. The molecule has 1 aliphatic heterocycles. The second-order valence-corrected chi connectivity index (χ2v) is 11.4. The average molecular weight is 464 g/mol. The Bertz CT molecular complexity index is 1070. The van der Waals surface area contributed by atoms with E-state index < -0.39 is 16.1 Å². The third kappa shape index (κ3) is 4.69. The van der Waals surface area contributed by atoms with Crippen LogP contribution in [0, 0.1) is 19.8 Å². The number of hydrogen-bond donors (Lipinski definition) is 2. The molecule has 1 aromatic heterocycles. The number of aliphatic hydroxyl groups is 1. The Morgan fingerprint density at radius 2 is 1.84 bits per heavy atom. The highest BCUT2D eigenvalue weighted by molar-refractivity contribution is 7.89. The van der Waals surface area contributed by atoms with Crippen LogP contribution in [0.3, 0.4) is 0 Å². The molecule has 2 N–H and O–H groups in total. The number of rotatable bonds is 5. The SMILES string of the molecule is Cc1ccc(-c2sc(NC(=O)C3CCCC3)nc2C)cc1S(=O)(=O)N1CCC(O)CC1. The van der Waals surface area contributed by atoms with E-state index in [0.29, 0.717) is 36.6 Å². The van der Waals surface area contributed by atoms with Crippen molar-refractivity contribution in [2.75, 3.05) is 18.4 Å². The number of piperidine rings is 1. The monoisotopic (exact) mass is 463 g/mol. The second kappa shape index (κ2) is 8.97. The van der Waals surface area contributed by atoms with Crippen molar-refractivity contribution >= 4 is 32.4 Å². The molecule has 1 aromatic carbocycles. The lowest BCUT2D eigenvalue weighted by molar-refractivity contribution is -0.119. The summed E-state index contributed by atoms with van der Waals surface area (Å²) in [6.07, 6.45) is 4.52. The minimum absolute atomic E-state index is 0.0252. The van der Waals surface area contributed by atoms with Gasteiger partial charge in [0.05, 0.1) is 21.6 Å². The van der Waals surface area contributed by atoms with E-state index in [1.165, 1.54) is 15.6 Å². The number of aliphatic hydroxyl groups excluding tert-OH is 1. The zero-order valence-corrected chi connectivity index (χ0v) is 19.6. The van der Waals surface area contributed by atoms with Crippen LogP contribution in [0.4, 0.5) is 5.13 Å². The molecule has 0 atom stereocenters. The summed E-state index contributed by atoms with van der Waals surface area (Å²) >= 11 is 1.38. The van der Waals surface area contributed by atoms with Gasteiger partial charge in [-0.25, -0.2) is 13.4 Å². The Morgan fingerprint density at radius 3 is 2.52 bits per heavy atom. The normalized spacial score (nSPS) is 19.1. The van der Waals surface area contributed by atoms with Crippen molar-refractivity contribution in [3.8, 4) is 10.4 Å². The van der Waals surface area contributed by atoms with E-state index in [-0.39, 0.29) is 16.7 Å². The number of carbonyl (C=O) groups excluding carboxylic acids is 1. The molecule has 1 saturated heterocycles. The molecule has 2 heterocycles. The van der Waals surface area contributed by atoms with Gasteiger partial charge in [-0.15, -0.1) is 0 Å². The molecule has 168 valence electrons. The highest BCUT2D eigenvalue weighted by Crippen LogP contribution is 2.36. The van der Waals surface area contributed by atoms with Crippen molar-refractivity contribution in [2.45, 2.75) is 63.4 Å². The van der Waals surface area contributed by atoms with Gasteiger partial charge in [0.15, 0.2) is 5.13 Å². The zero-order valence-electron chi connectivity index (χ0n) is 17.9. The van der Waals surface area contributed by atoms with E-state index >= 15 is 0 Å². The number of hydrogen-bond acceptors (Lipinski definition) is 6. The van der Waals surface area contributed by atoms with Crippen LogP contribution in [0.2, 0.25) is 0 Å². The lowest BCUT2D eigenvalue weighted by atomic mass is 10.1. The molecule has 31 heavy (non-hydrogen) atoms. The molecule has 0 spiro atoms. The van der Waals surface area contributed by atoms with Crippen LogP contribution < -0.4 is 5.32 Å². The van der Waals surface area contributed by atoms with E-state index in [4.69, 9.17) is 0 Å². The molecule has 9 heteroatoms. The standard InChI is InChI=1S/C22H29N3O4S2/c1-14-7-8-17(13-19(14)31(28,29)25-11-9-18(26)10-12-25)20-15(2)23-22(30-20)24-21(27)16-5-3-4-6-16/h7-8,13,16,18,26H,3-6,9-12H2,1-2H3,(H,23,24,27). The number of thiazole rings is 1. The van der Waals surface area contributed by atoms with Crippen LogP contribution in [-0.2, 0) is 14.8 Å². The molecule has 0 radical (unpaired) electrons. The summed E-state index contributed by atoms with van der Waals surface area (Å²) in [5, 5.41) is 13.2. The number of aryl methyl sites for hydroxylation is 2. The molecule has 1 amide bonds. The number of amides is 1. The fourth-order valence-corrected chi connectivity index (χ4v) is 7.04. The number of aromatic nitrogens is 1. The predicted octanol–water partition coefficient (Wildman–Crippen LogP) is 3.70. The van der Waals surface area contributed by atoms with Crippen molar-refractivity contribution < 1.29 is 18.3 Å². The van der Waals surface area contributed by atoms with Gasteiger partial charge in [-0.2, -0.15) is 4.31 Å². The Balaban J connectivity index is 1.59. The molecule has 0 bridgehead atoms. The summed E-state index contributed by atoms with van der Waals surface area (Å²) in [5.74, 6) is 0.0871. The quantitative estimate of drug-likeness (QED) is 0.704. The highest BCUT2D eigenvalue weighted by atomic mass is 32.2. The van der Waals surface area contributed by atoms with Gasteiger partial charge in [-0.1, -0.05) is 36.3 Å². The summed E-state index contributed by atoms with van der Waals surface area (Å²) in [6, 6.07) is 5.42. The van der Waals surface area contributed by atoms with Gasteiger partial charge < -0.3 is 10.4 Å². The number of nitrogens with zero attached hydrogens (tertiary/aromatic N) is 2. The number of anilines is 1. The second-order valence-electron chi connectivity index (χ2n) is 8.52. The van der Waals surface area contributed by atoms with Crippen molar-refractivity contribution in [2.24, 2.45) is 5.92 Å². The van der Waals surface area contributed by atoms with Crippen molar-refractivity contribution in [1.29, 1.82) is 0 Å². The molecule has 0 unspecified atom stereocenters. The van der Waals surface area contributed by atoms with Crippen LogP contribution >= 0.6 is 11.3 Å². The Morgan fingerprint density at radius 1 is 1.16 bits per heavy atom. The Labute approximate surface area is 187 Å². The number of sulfonamides is 1. The highest BCUT2D eigenvalue weighted by Gasteiger charge is 2.30. The van der Waals surface area contributed by atoms with Crippen molar-refractivity contribution in [3.63, 3.8) is 0 Å². The summed E-state index contributed by atoms with van der Waals surface area (Å²) in [5.41, 5.74) is 2.23. The molecule has 7 nitrogen and oxygen atoms in total. The van der Waals surface area contributed by atoms with Crippen molar-refractivity contribution in [3.05, 3.63) is 29.5 Å². The number of benzene rings is 1. The van der Waals surface area contributed by atoms with Gasteiger partial charge in [-0.05, 0) is 56.7 Å². The third-order valence-corrected chi connectivity index (χ3v) is 9.41. The first-order chi connectivity index (χ1) is 14.8. The van der Waals surface area contributed by atoms with Crippen LogP contribution in [-0.4, -0.2) is 47.9 Å². The maximum atomic E-state index is 13.3. The Hall–Kier alpha value is -1.81. The van der Waals surface area contributed by atoms with Gasteiger partial charge in [0.25, 0.3) is 0 Å². The van der Waals surface area contributed by atoms with Gasteiger partial charge >= 0.3 is 0 Å². The van der Waals surface area contributed by atoms with Gasteiger partial charge in [0.2, 0.25) is 15.9 Å². The van der Waals surface area contributed by atoms with Crippen molar-refractivity contribution in [1.82, 2.24) is 9.29 Å². The molecule has 4 rings (SSSR count). The predicted molar refractivity (Wildman–Crippen MR) is 122 cm³/mol. The molecule has 1 aliphatic carbocycles. The molecule has 1 saturated carbocycles. The molecule has 2 aliphatic rings. The van der Waals surface area contributed by atoms with Crippen LogP contribution in [0.1, 0.15) is 49.8 Å². The van der Waals surface area contributed by atoms with E-state index in [1.54, 1.807) is 13.0 Å². The molecule has 2 aromatic rings. The van der Waals surface area contributed by atoms with E-state index in [1.807, 2.05) is 19.1 Å². The summed E-state index contributed by atoms with van der Waals surface area (Å²) in [7, 11) is -3.65. The first kappa shape index (κ1) is 22.4.